The fraction of sp³-hybridized carbons (Fsp3) is 1.00. The molecule has 4 nitrogen and oxygen atoms in total. The Labute approximate surface area is 118 Å². The van der Waals surface area contributed by atoms with Crippen molar-refractivity contribution in [2.45, 2.75) is 57.5 Å². The van der Waals surface area contributed by atoms with Crippen molar-refractivity contribution in [2.24, 2.45) is 11.7 Å². The van der Waals surface area contributed by atoms with Gasteiger partial charge in [-0.1, -0.05) is 6.92 Å². The summed E-state index contributed by atoms with van der Waals surface area (Å²) in [5.74, 6) is 0.878. The minimum atomic E-state index is -0.393. The summed E-state index contributed by atoms with van der Waals surface area (Å²) in [6, 6.07) is 0.651. The van der Waals surface area contributed by atoms with Crippen molar-refractivity contribution in [2.75, 3.05) is 33.4 Å². The highest BCUT2D eigenvalue weighted by molar-refractivity contribution is 4.86. The van der Waals surface area contributed by atoms with Crippen LogP contribution in [-0.4, -0.2) is 55.0 Å². The average molecular weight is 272 g/mol. The van der Waals surface area contributed by atoms with E-state index in [4.69, 9.17) is 10.5 Å². The number of nitrogens with zero attached hydrogens (tertiary/aromatic N) is 1. The van der Waals surface area contributed by atoms with Crippen LogP contribution in [0.5, 0.6) is 0 Å². The van der Waals surface area contributed by atoms with Gasteiger partial charge < -0.3 is 15.6 Å². The van der Waals surface area contributed by atoms with E-state index in [-0.39, 0.29) is 6.61 Å². The summed E-state index contributed by atoms with van der Waals surface area (Å²) in [4.78, 5) is 2.52. The molecule has 4 heteroatoms. The van der Waals surface area contributed by atoms with Crippen LogP contribution in [0.15, 0.2) is 0 Å². The Bertz CT molecular complexity index is 240. The van der Waals surface area contributed by atoms with E-state index in [1.165, 1.54) is 12.8 Å². The second-order valence-corrected chi connectivity index (χ2v) is 6.08. The molecule has 0 aromatic heterocycles. The van der Waals surface area contributed by atoms with Crippen LogP contribution in [0.3, 0.4) is 0 Å². The first-order chi connectivity index (χ1) is 9.06. The van der Waals surface area contributed by atoms with Crippen LogP contribution in [0.2, 0.25) is 0 Å². The van der Waals surface area contributed by atoms with Crippen molar-refractivity contribution in [1.29, 1.82) is 0 Å². The lowest BCUT2D eigenvalue weighted by Gasteiger charge is -2.31. The standard InChI is InChI=1S/C15H32N2O2/c1-4-15(16,12-18)8-5-9-17(10-11-19-3)13(2)14-6-7-14/h13-14,18H,4-12,16H2,1-3H3. The summed E-state index contributed by atoms with van der Waals surface area (Å²) in [6.07, 6.45) is 5.51. The molecule has 1 rings (SSSR count). The zero-order chi connectivity index (χ0) is 14.3. The highest BCUT2D eigenvalue weighted by Crippen LogP contribution is 2.35. The number of hydrogen-bond acceptors (Lipinski definition) is 4. The van der Waals surface area contributed by atoms with E-state index in [1.807, 2.05) is 6.92 Å². The van der Waals surface area contributed by atoms with E-state index in [1.54, 1.807) is 7.11 Å². The molecule has 0 bridgehead atoms. The molecule has 0 saturated heterocycles. The summed E-state index contributed by atoms with van der Waals surface area (Å²) in [5.41, 5.74) is 5.74. The van der Waals surface area contributed by atoms with Gasteiger partial charge in [0.25, 0.3) is 0 Å². The van der Waals surface area contributed by atoms with Gasteiger partial charge in [-0.15, -0.1) is 0 Å². The van der Waals surface area contributed by atoms with E-state index < -0.39 is 5.54 Å². The lowest BCUT2D eigenvalue weighted by atomic mass is 9.92. The molecule has 1 fully saturated rings. The molecule has 0 aromatic rings. The highest BCUT2D eigenvalue weighted by Gasteiger charge is 2.32. The van der Waals surface area contributed by atoms with E-state index in [0.29, 0.717) is 6.04 Å². The van der Waals surface area contributed by atoms with Crippen molar-refractivity contribution >= 4 is 0 Å². The molecule has 0 amide bonds. The quantitative estimate of drug-likeness (QED) is 0.600. The Hall–Kier alpha value is -0.160. The first-order valence-electron chi connectivity index (χ1n) is 7.69. The van der Waals surface area contributed by atoms with Crippen molar-refractivity contribution in [3.63, 3.8) is 0 Å². The number of ether oxygens (including phenoxy) is 1. The normalized spacial score (nSPS) is 20.5. The van der Waals surface area contributed by atoms with Gasteiger partial charge in [-0.05, 0) is 51.5 Å². The van der Waals surface area contributed by atoms with Crippen molar-refractivity contribution < 1.29 is 9.84 Å². The first-order valence-corrected chi connectivity index (χ1v) is 7.69. The highest BCUT2D eigenvalue weighted by atomic mass is 16.5. The molecule has 2 unspecified atom stereocenters. The maximum atomic E-state index is 9.34. The molecular weight excluding hydrogens is 240 g/mol. The Kier molecular flexibility index (Phi) is 7.29. The molecule has 1 aliphatic rings. The van der Waals surface area contributed by atoms with Gasteiger partial charge in [-0.2, -0.15) is 0 Å². The Morgan fingerprint density at radius 3 is 2.58 bits per heavy atom. The van der Waals surface area contributed by atoms with Crippen LogP contribution in [-0.2, 0) is 4.74 Å². The zero-order valence-electron chi connectivity index (χ0n) is 12.9. The first kappa shape index (κ1) is 16.9. The van der Waals surface area contributed by atoms with E-state index in [9.17, 15) is 5.11 Å². The predicted molar refractivity (Wildman–Crippen MR) is 79.2 cm³/mol. The summed E-state index contributed by atoms with van der Waals surface area (Å²) >= 11 is 0. The minimum Gasteiger partial charge on any atom is -0.394 e. The number of rotatable bonds is 11. The van der Waals surface area contributed by atoms with Crippen LogP contribution in [0.1, 0.15) is 46.0 Å². The van der Waals surface area contributed by atoms with Crippen LogP contribution < -0.4 is 5.73 Å². The predicted octanol–water partition coefficient (Wildman–Crippen LogP) is 1.61. The fourth-order valence-corrected chi connectivity index (χ4v) is 2.61. The van der Waals surface area contributed by atoms with Gasteiger partial charge in [0.15, 0.2) is 0 Å². The third-order valence-corrected chi connectivity index (χ3v) is 4.60. The molecule has 1 saturated carbocycles. The molecule has 114 valence electrons. The molecular formula is C15H32N2O2. The summed E-state index contributed by atoms with van der Waals surface area (Å²) in [6.45, 7) is 7.30. The van der Waals surface area contributed by atoms with Crippen LogP contribution in [0, 0.1) is 5.92 Å². The lowest BCUT2D eigenvalue weighted by molar-refractivity contribution is 0.109. The topological polar surface area (TPSA) is 58.7 Å². The largest absolute Gasteiger partial charge is 0.394 e. The van der Waals surface area contributed by atoms with Crippen molar-refractivity contribution in [1.82, 2.24) is 4.90 Å². The molecule has 2 atom stereocenters. The number of methoxy groups -OCH3 is 1. The summed E-state index contributed by atoms with van der Waals surface area (Å²) in [7, 11) is 1.76. The molecule has 3 N–H and O–H groups in total. The van der Waals surface area contributed by atoms with Gasteiger partial charge in [0.2, 0.25) is 0 Å². The van der Waals surface area contributed by atoms with Gasteiger partial charge in [-0.3, -0.25) is 4.90 Å². The Balaban J connectivity index is 2.35. The van der Waals surface area contributed by atoms with Crippen LogP contribution in [0.4, 0.5) is 0 Å². The van der Waals surface area contributed by atoms with Crippen LogP contribution >= 0.6 is 0 Å². The number of hydrogen-bond donors (Lipinski definition) is 2. The molecule has 0 aromatic carbocycles. The van der Waals surface area contributed by atoms with Gasteiger partial charge in [-0.25, -0.2) is 0 Å². The summed E-state index contributed by atoms with van der Waals surface area (Å²) < 4.78 is 5.21. The fourth-order valence-electron chi connectivity index (χ4n) is 2.61. The minimum absolute atomic E-state index is 0.0831. The monoisotopic (exact) mass is 272 g/mol. The second-order valence-electron chi connectivity index (χ2n) is 6.08. The SMILES string of the molecule is CCC(N)(CO)CCCN(CCOC)C(C)C1CC1. The van der Waals surface area contributed by atoms with Crippen molar-refractivity contribution in [3.05, 3.63) is 0 Å². The van der Waals surface area contributed by atoms with Gasteiger partial charge in [0, 0.05) is 25.2 Å². The maximum absolute atomic E-state index is 9.34. The maximum Gasteiger partial charge on any atom is 0.0611 e. The van der Waals surface area contributed by atoms with Gasteiger partial charge in [0.05, 0.1) is 13.2 Å². The van der Waals surface area contributed by atoms with Crippen molar-refractivity contribution in [3.8, 4) is 0 Å². The number of aliphatic hydroxyl groups excluding tert-OH is 1. The summed E-state index contributed by atoms with van der Waals surface area (Å²) in [5, 5.41) is 9.34. The molecule has 0 heterocycles. The molecule has 19 heavy (non-hydrogen) atoms. The van der Waals surface area contributed by atoms with Crippen LogP contribution in [0.25, 0.3) is 0 Å². The molecule has 0 aliphatic heterocycles. The van der Waals surface area contributed by atoms with E-state index >= 15 is 0 Å². The molecule has 0 radical (unpaired) electrons. The molecule has 1 aliphatic carbocycles. The third kappa shape index (κ3) is 5.78. The van der Waals surface area contributed by atoms with Gasteiger partial charge in [0.1, 0.15) is 0 Å². The Morgan fingerprint density at radius 1 is 1.42 bits per heavy atom. The second kappa shape index (κ2) is 8.20. The number of nitrogens with two attached hydrogens (primary N) is 1. The Morgan fingerprint density at radius 2 is 2.11 bits per heavy atom. The molecule has 0 spiro atoms. The van der Waals surface area contributed by atoms with E-state index in [2.05, 4.69) is 11.8 Å². The lowest BCUT2D eigenvalue weighted by Crippen LogP contribution is -2.44. The smallest absolute Gasteiger partial charge is 0.0611 e. The third-order valence-electron chi connectivity index (χ3n) is 4.60. The average Bonchev–Trinajstić information content (AvgIpc) is 3.26. The number of aliphatic hydroxyl groups is 1. The van der Waals surface area contributed by atoms with E-state index in [0.717, 1.165) is 44.9 Å². The van der Waals surface area contributed by atoms with Gasteiger partial charge >= 0.3 is 0 Å². The zero-order valence-corrected chi connectivity index (χ0v) is 12.9.